The van der Waals surface area contributed by atoms with Crippen molar-refractivity contribution >= 4 is 38.9 Å². The molecule has 1 N–H and O–H groups in total. The zero-order chi connectivity index (χ0) is 19.4. The fourth-order valence-electron chi connectivity index (χ4n) is 3.30. The monoisotopic (exact) mass is 426 g/mol. The molecule has 1 atom stereocenters. The first kappa shape index (κ1) is 20.3. The van der Waals surface area contributed by atoms with Gasteiger partial charge in [0.15, 0.2) is 0 Å². The normalized spacial score (nSPS) is 18.4. The van der Waals surface area contributed by atoms with E-state index in [1.165, 1.54) is 11.3 Å². The van der Waals surface area contributed by atoms with E-state index in [2.05, 4.69) is 5.32 Å². The summed E-state index contributed by atoms with van der Waals surface area (Å²) in [5.41, 5.74) is 1.03. The number of halogens is 1. The molecule has 0 radical (unpaired) electrons. The Morgan fingerprint density at radius 2 is 1.96 bits per heavy atom. The van der Waals surface area contributed by atoms with E-state index < -0.39 is 10.0 Å². The van der Waals surface area contributed by atoms with Crippen molar-refractivity contribution in [3.05, 3.63) is 51.2 Å². The Bertz CT molecular complexity index is 894. The van der Waals surface area contributed by atoms with Crippen molar-refractivity contribution in [3.8, 4) is 0 Å². The van der Waals surface area contributed by atoms with Gasteiger partial charge in [0.2, 0.25) is 10.0 Å². The van der Waals surface area contributed by atoms with E-state index in [9.17, 15) is 13.2 Å². The summed E-state index contributed by atoms with van der Waals surface area (Å²) in [6, 6.07) is 10.3. The van der Waals surface area contributed by atoms with Crippen LogP contribution >= 0.6 is 22.9 Å². The SMILES string of the molecule is Cc1ccc(S(=O)(=O)N2CCCCC2CCNC(=O)c2ccc(Cl)s2)cc1. The summed E-state index contributed by atoms with van der Waals surface area (Å²) >= 11 is 7.09. The molecule has 27 heavy (non-hydrogen) atoms. The second-order valence-corrected chi connectivity index (χ2v) is 10.3. The van der Waals surface area contributed by atoms with Gasteiger partial charge in [-0.1, -0.05) is 35.7 Å². The van der Waals surface area contributed by atoms with Crippen LogP contribution in [0.2, 0.25) is 4.34 Å². The lowest BCUT2D eigenvalue weighted by Crippen LogP contribution is -2.45. The van der Waals surface area contributed by atoms with Gasteiger partial charge in [-0.15, -0.1) is 11.3 Å². The molecule has 5 nitrogen and oxygen atoms in total. The molecule has 0 saturated carbocycles. The third kappa shape index (κ3) is 4.90. The largest absolute Gasteiger partial charge is 0.351 e. The van der Waals surface area contributed by atoms with Gasteiger partial charge < -0.3 is 5.32 Å². The number of sulfonamides is 1. The highest BCUT2D eigenvalue weighted by Crippen LogP contribution is 2.27. The third-order valence-electron chi connectivity index (χ3n) is 4.76. The zero-order valence-corrected chi connectivity index (χ0v) is 17.5. The molecule has 1 unspecified atom stereocenters. The zero-order valence-electron chi connectivity index (χ0n) is 15.2. The molecular weight excluding hydrogens is 404 g/mol. The summed E-state index contributed by atoms with van der Waals surface area (Å²) in [6.07, 6.45) is 3.27. The minimum atomic E-state index is -3.52. The molecule has 3 rings (SSSR count). The van der Waals surface area contributed by atoms with Gasteiger partial charge in [-0.25, -0.2) is 8.42 Å². The molecule has 0 bridgehead atoms. The lowest BCUT2D eigenvalue weighted by molar-refractivity contribution is 0.0953. The Kier molecular flexibility index (Phi) is 6.57. The average molecular weight is 427 g/mol. The summed E-state index contributed by atoms with van der Waals surface area (Å²) in [5.74, 6) is -0.171. The Balaban J connectivity index is 1.64. The molecule has 146 valence electrons. The molecule has 0 aliphatic carbocycles. The second kappa shape index (κ2) is 8.73. The van der Waals surface area contributed by atoms with Crippen LogP contribution in [0.4, 0.5) is 0 Å². The molecule has 1 amide bonds. The van der Waals surface area contributed by atoms with Crippen molar-refractivity contribution < 1.29 is 13.2 Å². The fraction of sp³-hybridized carbons (Fsp3) is 0.421. The topological polar surface area (TPSA) is 66.5 Å². The smallest absolute Gasteiger partial charge is 0.261 e. The van der Waals surface area contributed by atoms with Crippen molar-refractivity contribution in [2.45, 2.75) is 43.5 Å². The first-order valence-electron chi connectivity index (χ1n) is 9.00. The maximum atomic E-state index is 13.1. The minimum Gasteiger partial charge on any atom is -0.351 e. The van der Waals surface area contributed by atoms with Gasteiger partial charge in [0.25, 0.3) is 5.91 Å². The Morgan fingerprint density at radius 3 is 2.63 bits per heavy atom. The summed E-state index contributed by atoms with van der Waals surface area (Å²) in [4.78, 5) is 13.0. The van der Waals surface area contributed by atoms with E-state index in [1.807, 2.05) is 19.1 Å². The summed E-state index contributed by atoms with van der Waals surface area (Å²) < 4.78 is 28.3. The molecule has 1 saturated heterocycles. The summed E-state index contributed by atoms with van der Waals surface area (Å²) in [5, 5.41) is 2.87. The quantitative estimate of drug-likeness (QED) is 0.756. The number of aryl methyl sites for hydroxylation is 1. The standard InChI is InChI=1S/C19H23ClN2O3S2/c1-14-5-7-16(8-6-14)27(24,25)22-13-3-2-4-15(22)11-12-21-19(23)17-9-10-18(20)26-17/h5-10,15H,2-4,11-13H2,1H3,(H,21,23). The number of hydrogen-bond acceptors (Lipinski definition) is 4. The highest BCUT2D eigenvalue weighted by Gasteiger charge is 2.33. The van der Waals surface area contributed by atoms with Crippen molar-refractivity contribution in [2.24, 2.45) is 0 Å². The Hall–Kier alpha value is -1.41. The second-order valence-electron chi connectivity index (χ2n) is 6.73. The number of thiophene rings is 1. The van der Waals surface area contributed by atoms with Crippen LogP contribution in [-0.2, 0) is 10.0 Å². The van der Waals surface area contributed by atoms with Gasteiger partial charge in [0.05, 0.1) is 14.1 Å². The number of benzene rings is 1. The molecule has 8 heteroatoms. The molecule has 1 aliphatic heterocycles. The van der Waals surface area contributed by atoms with E-state index in [-0.39, 0.29) is 11.9 Å². The average Bonchev–Trinajstić information content (AvgIpc) is 3.09. The van der Waals surface area contributed by atoms with Gasteiger partial charge in [-0.3, -0.25) is 4.79 Å². The van der Waals surface area contributed by atoms with Crippen LogP contribution in [0.3, 0.4) is 0 Å². The molecule has 2 aromatic rings. The van der Waals surface area contributed by atoms with E-state index >= 15 is 0 Å². The minimum absolute atomic E-state index is 0.0997. The van der Waals surface area contributed by atoms with Crippen molar-refractivity contribution in [2.75, 3.05) is 13.1 Å². The molecule has 1 aliphatic rings. The van der Waals surface area contributed by atoms with Crippen LogP contribution in [0.1, 0.15) is 40.9 Å². The first-order chi connectivity index (χ1) is 12.9. The van der Waals surface area contributed by atoms with E-state index in [4.69, 9.17) is 11.6 Å². The third-order valence-corrected chi connectivity index (χ3v) is 7.96. The van der Waals surface area contributed by atoms with Crippen molar-refractivity contribution in [1.82, 2.24) is 9.62 Å². The maximum absolute atomic E-state index is 13.1. The number of carbonyl (C=O) groups excluding carboxylic acids is 1. The van der Waals surface area contributed by atoms with Crippen LogP contribution in [0.5, 0.6) is 0 Å². The van der Waals surface area contributed by atoms with Gasteiger partial charge in [-0.2, -0.15) is 4.31 Å². The summed E-state index contributed by atoms with van der Waals surface area (Å²) in [6.45, 7) is 2.89. The number of hydrogen-bond donors (Lipinski definition) is 1. The van der Waals surface area contributed by atoms with Gasteiger partial charge in [0.1, 0.15) is 0 Å². The van der Waals surface area contributed by atoms with E-state index in [0.29, 0.717) is 33.6 Å². The highest BCUT2D eigenvalue weighted by atomic mass is 35.5. The molecular formula is C19H23ClN2O3S2. The highest BCUT2D eigenvalue weighted by molar-refractivity contribution is 7.89. The predicted molar refractivity (Wildman–Crippen MR) is 109 cm³/mol. The first-order valence-corrected chi connectivity index (χ1v) is 11.6. The van der Waals surface area contributed by atoms with E-state index in [1.54, 1.807) is 28.6 Å². The lowest BCUT2D eigenvalue weighted by atomic mass is 10.0. The van der Waals surface area contributed by atoms with Gasteiger partial charge in [0, 0.05) is 19.1 Å². The number of piperidine rings is 1. The molecule has 0 spiro atoms. The predicted octanol–water partition coefficient (Wildman–Crippen LogP) is 4.07. The lowest BCUT2D eigenvalue weighted by Gasteiger charge is -2.34. The van der Waals surface area contributed by atoms with Crippen LogP contribution in [0, 0.1) is 6.92 Å². The maximum Gasteiger partial charge on any atom is 0.261 e. The molecule has 1 aromatic carbocycles. The van der Waals surface area contributed by atoms with Crippen LogP contribution < -0.4 is 5.32 Å². The van der Waals surface area contributed by atoms with Crippen molar-refractivity contribution in [3.63, 3.8) is 0 Å². The van der Waals surface area contributed by atoms with E-state index in [0.717, 1.165) is 24.8 Å². The Morgan fingerprint density at radius 1 is 1.22 bits per heavy atom. The van der Waals surface area contributed by atoms with Gasteiger partial charge in [-0.05, 0) is 50.5 Å². The molecule has 1 aromatic heterocycles. The van der Waals surface area contributed by atoms with Crippen LogP contribution in [0.15, 0.2) is 41.3 Å². The van der Waals surface area contributed by atoms with Gasteiger partial charge >= 0.3 is 0 Å². The van der Waals surface area contributed by atoms with Crippen LogP contribution in [0.25, 0.3) is 0 Å². The van der Waals surface area contributed by atoms with Crippen molar-refractivity contribution in [1.29, 1.82) is 0 Å². The number of rotatable bonds is 6. The van der Waals surface area contributed by atoms with Crippen LogP contribution in [-0.4, -0.2) is 37.8 Å². The molecule has 2 heterocycles. The molecule has 1 fully saturated rings. The number of nitrogens with zero attached hydrogens (tertiary/aromatic N) is 1. The Labute approximate surface area is 169 Å². The number of amides is 1. The number of nitrogens with one attached hydrogen (secondary N) is 1. The fourth-order valence-corrected chi connectivity index (χ4v) is 5.98. The summed E-state index contributed by atoms with van der Waals surface area (Å²) in [7, 11) is -3.52. The number of carbonyl (C=O) groups is 1.